The van der Waals surface area contributed by atoms with Gasteiger partial charge in [0.25, 0.3) is 0 Å². The first-order chi connectivity index (χ1) is 14.1. The Kier molecular flexibility index (Phi) is 7.41. The van der Waals surface area contributed by atoms with Crippen LogP contribution in [0.3, 0.4) is 0 Å². The van der Waals surface area contributed by atoms with Crippen LogP contribution in [0.2, 0.25) is 0 Å². The standard InChI is InChI=1S/C23H22BrN3O2/c24-18-10-12-19(13-11-18)26-23(29)16-25-20-7-4-8-21(15-20)27-22(28)14-9-17-5-2-1-3-6-17/h1-8,10-13,15,25H,9,14,16H2,(H,26,29)(H,27,28). The number of halogens is 1. The molecule has 3 N–H and O–H groups in total. The van der Waals surface area contributed by atoms with E-state index in [4.69, 9.17) is 0 Å². The highest BCUT2D eigenvalue weighted by molar-refractivity contribution is 9.10. The summed E-state index contributed by atoms with van der Waals surface area (Å²) in [5.41, 5.74) is 3.33. The Hall–Kier alpha value is -3.12. The van der Waals surface area contributed by atoms with Crippen LogP contribution in [-0.2, 0) is 16.0 Å². The molecule has 148 valence electrons. The first-order valence-electron chi connectivity index (χ1n) is 9.31. The number of amides is 2. The molecule has 0 radical (unpaired) electrons. The van der Waals surface area contributed by atoms with Gasteiger partial charge in [0.1, 0.15) is 0 Å². The van der Waals surface area contributed by atoms with Crippen molar-refractivity contribution in [3.63, 3.8) is 0 Å². The molecule has 0 bridgehead atoms. The van der Waals surface area contributed by atoms with Gasteiger partial charge in [0, 0.05) is 28.0 Å². The second kappa shape index (κ2) is 10.4. The number of carbonyl (C=O) groups is 2. The summed E-state index contributed by atoms with van der Waals surface area (Å²) in [7, 11) is 0. The van der Waals surface area contributed by atoms with E-state index in [-0.39, 0.29) is 18.4 Å². The predicted molar refractivity (Wildman–Crippen MR) is 121 cm³/mol. The van der Waals surface area contributed by atoms with E-state index in [1.54, 1.807) is 0 Å². The van der Waals surface area contributed by atoms with Crippen molar-refractivity contribution >= 4 is 44.8 Å². The molecule has 29 heavy (non-hydrogen) atoms. The van der Waals surface area contributed by atoms with Crippen LogP contribution in [0.5, 0.6) is 0 Å². The molecule has 0 fully saturated rings. The van der Waals surface area contributed by atoms with Crippen LogP contribution in [0.25, 0.3) is 0 Å². The van der Waals surface area contributed by atoms with Gasteiger partial charge in [-0.25, -0.2) is 0 Å². The molecule has 3 aromatic carbocycles. The molecule has 2 amide bonds. The zero-order valence-electron chi connectivity index (χ0n) is 15.8. The van der Waals surface area contributed by atoms with Crippen molar-refractivity contribution < 1.29 is 9.59 Å². The fraction of sp³-hybridized carbons (Fsp3) is 0.130. The number of rotatable bonds is 8. The highest BCUT2D eigenvalue weighted by Gasteiger charge is 2.06. The van der Waals surface area contributed by atoms with Gasteiger partial charge in [-0.1, -0.05) is 52.3 Å². The van der Waals surface area contributed by atoms with E-state index in [1.165, 1.54) is 0 Å². The maximum atomic E-state index is 12.2. The number of aryl methyl sites for hydroxylation is 1. The zero-order chi connectivity index (χ0) is 20.5. The van der Waals surface area contributed by atoms with Gasteiger partial charge in [0.15, 0.2) is 0 Å². The van der Waals surface area contributed by atoms with Crippen molar-refractivity contribution in [1.82, 2.24) is 0 Å². The summed E-state index contributed by atoms with van der Waals surface area (Å²) in [5, 5.41) is 8.80. The molecule has 0 aliphatic carbocycles. The minimum absolute atomic E-state index is 0.0426. The second-order valence-corrected chi connectivity index (χ2v) is 7.44. The Morgan fingerprint density at radius 2 is 1.41 bits per heavy atom. The molecule has 0 spiro atoms. The third-order valence-electron chi connectivity index (χ3n) is 4.21. The zero-order valence-corrected chi connectivity index (χ0v) is 17.4. The van der Waals surface area contributed by atoms with E-state index >= 15 is 0 Å². The Bertz CT molecular complexity index is 959. The van der Waals surface area contributed by atoms with Gasteiger partial charge in [0.05, 0.1) is 6.54 Å². The summed E-state index contributed by atoms with van der Waals surface area (Å²) in [6.07, 6.45) is 1.11. The Morgan fingerprint density at radius 3 is 2.17 bits per heavy atom. The molecule has 0 aliphatic heterocycles. The fourth-order valence-corrected chi connectivity index (χ4v) is 3.02. The van der Waals surface area contributed by atoms with E-state index in [1.807, 2.05) is 78.9 Å². The number of nitrogens with one attached hydrogen (secondary N) is 3. The number of carbonyl (C=O) groups excluding carboxylic acids is 2. The number of hydrogen-bond acceptors (Lipinski definition) is 3. The Morgan fingerprint density at radius 1 is 0.724 bits per heavy atom. The van der Waals surface area contributed by atoms with Crippen molar-refractivity contribution in [1.29, 1.82) is 0 Å². The SMILES string of the molecule is O=C(CCc1ccccc1)Nc1cccc(NCC(=O)Nc2ccc(Br)cc2)c1. The molecule has 0 unspecified atom stereocenters. The molecule has 0 saturated carbocycles. The second-order valence-electron chi connectivity index (χ2n) is 6.52. The highest BCUT2D eigenvalue weighted by atomic mass is 79.9. The maximum absolute atomic E-state index is 12.2. The normalized spacial score (nSPS) is 10.2. The van der Waals surface area contributed by atoms with Crippen LogP contribution in [0, 0.1) is 0 Å². The molecular weight excluding hydrogens is 430 g/mol. The number of hydrogen-bond donors (Lipinski definition) is 3. The average Bonchev–Trinajstić information content (AvgIpc) is 2.73. The Balaban J connectivity index is 1.46. The summed E-state index contributed by atoms with van der Waals surface area (Å²) in [6, 6.07) is 24.6. The minimum atomic E-state index is -0.148. The monoisotopic (exact) mass is 451 g/mol. The van der Waals surface area contributed by atoms with Crippen LogP contribution in [0.4, 0.5) is 17.1 Å². The molecule has 0 atom stereocenters. The summed E-state index contributed by atoms with van der Waals surface area (Å²) in [5.74, 6) is -0.191. The van der Waals surface area contributed by atoms with E-state index in [0.29, 0.717) is 18.5 Å². The van der Waals surface area contributed by atoms with Crippen molar-refractivity contribution in [2.45, 2.75) is 12.8 Å². The van der Waals surface area contributed by atoms with Crippen LogP contribution in [-0.4, -0.2) is 18.4 Å². The number of benzene rings is 3. The molecule has 0 saturated heterocycles. The van der Waals surface area contributed by atoms with Gasteiger partial charge < -0.3 is 16.0 Å². The molecular formula is C23H22BrN3O2. The molecule has 3 aromatic rings. The summed E-state index contributed by atoms with van der Waals surface area (Å²) < 4.78 is 0.955. The molecule has 3 rings (SSSR count). The smallest absolute Gasteiger partial charge is 0.243 e. The summed E-state index contributed by atoms with van der Waals surface area (Å²) >= 11 is 3.36. The first kappa shape index (κ1) is 20.6. The van der Waals surface area contributed by atoms with Crippen LogP contribution in [0.15, 0.2) is 83.3 Å². The van der Waals surface area contributed by atoms with Crippen molar-refractivity contribution in [2.24, 2.45) is 0 Å². The van der Waals surface area contributed by atoms with Gasteiger partial charge >= 0.3 is 0 Å². The van der Waals surface area contributed by atoms with E-state index in [9.17, 15) is 9.59 Å². The fourth-order valence-electron chi connectivity index (χ4n) is 2.75. The van der Waals surface area contributed by atoms with E-state index in [0.717, 1.165) is 21.4 Å². The molecule has 0 heterocycles. The molecule has 6 heteroatoms. The van der Waals surface area contributed by atoms with Crippen molar-refractivity contribution in [2.75, 3.05) is 22.5 Å². The van der Waals surface area contributed by atoms with Gasteiger partial charge in [-0.15, -0.1) is 0 Å². The lowest BCUT2D eigenvalue weighted by Crippen LogP contribution is -2.21. The van der Waals surface area contributed by atoms with Gasteiger partial charge in [-0.3, -0.25) is 9.59 Å². The average molecular weight is 452 g/mol. The summed E-state index contributed by atoms with van der Waals surface area (Å²) in [6.45, 7) is 0.126. The van der Waals surface area contributed by atoms with E-state index in [2.05, 4.69) is 31.9 Å². The molecule has 5 nitrogen and oxygen atoms in total. The maximum Gasteiger partial charge on any atom is 0.243 e. The van der Waals surface area contributed by atoms with Crippen molar-refractivity contribution in [3.8, 4) is 0 Å². The third kappa shape index (κ3) is 7.08. The van der Waals surface area contributed by atoms with Gasteiger partial charge in [-0.05, 0) is 54.4 Å². The Labute approximate surface area is 178 Å². The lowest BCUT2D eigenvalue weighted by atomic mass is 10.1. The topological polar surface area (TPSA) is 70.2 Å². The molecule has 0 aromatic heterocycles. The van der Waals surface area contributed by atoms with Gasteiger partial charge in [-0.2, -0.15) is 0 Å². The van der Waals surface area contributed by atoms with Crippen LogP contribution < -0.4 is 16.0 Å². The first-order valence-corrected chi connectivity index (χ1v) is 10.1. The van der Waals surface area contributed by atoms with Gasteiger partial charge in [0.2, 0.25) is 11.8 Å². The quantitative estimate of drug-likeness (QED) is 0.447. The highest BCUT2D eigenvalue weighted by Crippen LogP contribution is 2.16. The van der Waals surface area contributed by atoms with Crippen LogP contribution >= 0.6 is 15.9 Å². The predicted octanol–water partition coefficient (Wildman–Crippen LogP) is 5.07. The third-order valence-corrected chi connectivity index (χ3v) is 4.74. The molecule has 0 aliphatic rings. The van der Waals surface area contributed by atoms with Crippen molar-refractivity contribution in [3.05, 3.63) is 88.9 Å². The lowest BCUT2D eigenvalue weighted by molar-refractivity contribution is -0.116. The van der Waals surface area contributed by atoms with Crippen LogP contribution in [0.1, 0.15) is 12.0 Å². The number of anilines is 3. The lowest BCUT2D eigenvalue weighted by Gasteiger charge is -2.10. The minimum Gasteiger partial charge on any atom is -0.376 e. The summed E-state index contributed by atoms with van der Waals surface area (Å²) in [4.78, 5) is 24.3. The van der Waals surface area contributed by atoms with E-state index < -0.39 is 0 Å². The largest absolute Gasteiger partial charge is 0.376 e.